The fourth-order valence-electron chi connectivity index (χ4n) is 1.79. The van der Waals surface area contributed by atoms with Gasteiger partial charge in [0.1, 0.15) is 4.90 Å². The first-order valence-corrected chi connectivity index (χ1v) is 9.14. The molecule has 0 saturated heterocycles. The van der Waals surface area contributed by atoms with Crippen molar-refractivity contribution in [1.82, 2.24) is 0 Å². The summed E-state index contributed by atoms with van der Waals surface area (Å²) >= 11 is 6.51. The second kappa shape index (κ2) is 6.89. The molecule has 0 aliphatic rings. The van der Waals surface area contributed by atoms with Crippen molar-refractivity contribution in [2.75, 3.05) is 18.9 Å². The van der Waals surface area contributed by atoms with E-state index in [-0.39, 0.29) is 4.90 Å². The van der Waals surface area contributed by atoms with Gasteiger partial charge in [-0.3, -0.25) is 4.72 Å². The van der Waals surface area contributed by atoms with Crippen LogP contribution in [-0.2, 0) is 10.0 Å². The minimum Gasteiger partial charge on any atom is -0.493 e. The van der Waals surface area contributed by atoms with E-state index in [1.807, 2.05) is 0 Å². The zero-order valence-corrected chi connectivity index (χ0v) is 15.7. The van der Waals surface area contributed by atoms with Crippen LogP contribution in [0.15, 0.2) is 50.2 Å². The van der Waals surface area contributed by atoms with Gasteiger partial charge in [0.05, 0.1) is 19.9 Å². The molecule has 0 amide bonds. The van der Waals surface area contributed by atoms with Gasteiger partial charge in [0.15, 0.2) is 11.5 Å². The second-order valence-corrected chi connectivity index (χ2v) is 7.67. The van der Waals surface area contributed by atoms with Crippen LogP contribution in [0.1, 0.15) is 0 Å². The molecular weight excluding hydrogens is 438 g/mol. The third-order valence-corrected chi connectivity index (χ3v) is 5.69. The first-order chi connectivity index (χ1) is 10.4. The number of hydrogen-bond acceptors (Lipinski definition) is 4. The zero-order chi connectivity index (χ0) is 16.3. The minimum absolute atomic E-state index is 0.136. The fourth-order valence-corrected chi connectivity index (χ4v) is 4.35. The highest BCUT2D eigenvalue weighted by molar-refractivity contribution is 9.11. The van der Waals surface area contributed by atoms with Gasteiger partial charge in [0.25, 0.3) is 10.0 Å². The molecule has 0 fully saturated rings. The molecule has 0 saturated carbocycles. The van der Waals surface area contributed by atoms with E-state index in [0.717, 1.165) is 0 Å². The van der Waals surface area contributed by atoms with Gasteiger partial charge in [-0.1, -0.05) is 15.9 Å². The van der Waals surface area contributed by atoms with E-state index < -0.39 is 10.0 Å². The molecule has 22 heavy (non-hydrogen) atoms. The molecule has 0 radical (unpaired) electrons. The lowest BCUT2D eigenvalue weighted by Gasteiger charge is -2.12. The number of benzene rings is 2. The van der Waals surface area contributed by atoms with Crippen molar-refractivity contribution in [2.45, 2.75) is 4.90 Å². The van der Waals surface area contributed by atoms with Crippen LogP contribution >= 0.6 is 31.9 Å². The molecule has 0 spiro atoms. The highest BCUT2D eigenvalue weighted by Gasteiger charge is 2.19. The number of nitrogens with one attached hydrogen (secondary N) is 1. The van der Waals surface area contributed by atoms with Crippen LogP contribution in [-0.4, -0.2) is 22.6 Å². The van der Waals surface area contributed by atoms with Crippen LogP contribution < -0.4 is 14.2 Å². The average molecular weight is 451 g/mol. The summed E-state index contributed by atoms with van der Waals surface area (Å²) in [6.07, 6.45) is 0. The van der Waals surface area contributed by atoms with Crippen molar-refractivity contribution in [1.29, 1.82) is 0 Å². The number of methoxy groups -OCH3 is 2. The Kier molecular flexibility index (Phi) is 5.36. The van der Waals surface area contributed by atoms with E-state index in [1.165, 1.54) is 20.3 Å². The van der Waals surface area contributed by atoms with Crippen molar-refractivity contribution in [2.24, 2.45) is 0 Å². The summed E-state index contributed by atoms with van der Waals surface area (Å²) in [4.78, 5) is 0.136. The van der Waals surface area contributed by atoms with E-state index >= 15 is 0 Å². The molecule has 0 atom stereocenters. The van der Waals surface area contributed by atoms with Gasteiger partial charge >= 0.3 is 0 Å². The summed E-state index contributed by atoms with van der Waals surface area (Å²) in [5.41, 5.74) is 0.379. The predicted octanol–water partition coefficient (Wildman–Crippen LogP) is 4.03. The molecule has 0 unspecified atom stereocenters. The van der Waals surface area contributed by atoms with E-state index in [4.69, 9.17) is 9.47 Å². The van der Waals surface area contributed by atoms with Crippen molar-refractivity contribution < 1.29 is 17.9 Å². The van der Waals surface area contributed by atoms with Crippen LogP contribution in [0.5, 0.6) is 11.5 Å². The Balaban J connectivity index is 2.39. The maximum atomic E-state index is 12.5. The van der Waals surface area contributed by atoms with Crippen molar-refractivity contribution >= 4 is 47.6 Å². The largest absolute Gasteiger partial charge is 0.493 e. The number of ether oxygens (including phenoxy) is 2. The van der Waals surface area contributed by atoms with Crippen molar-refractivity contribution in [3.63, 3.8) is 0 Å². The third kappa shape index (κ3) is 3.74. The lowest BCUT2D eigenvalue weighted by molar-refractivity contribution is 0.355. The maximum absolute atomic E-state index is 12.5. The summed E-state index contributed by atoms with van der Waals surface area (Å²) in [6, 6.07) is 9.72. The summed E-state index contributed by atoms with van der Waals surface area (Å²) < 4.78 is 38.9. The molecule has 0 heterocycles. The molecule has 2 aromatic carbocycles. The van der Waals surface area contributed by atoms with E-state index in [2.05, 4.69) is 36.6 Å². The number of anilines is 1. The van der Waals surface area contributed by atoms with Gasteiger partial charge in [0.2, 0.25) is 0 Å². The summed E-state index contributed by atoms with van der Waals surface area (Å²) in [5.74, 6) is 0.963. The Morgan fingerprint density at radius 3 is 2.27 bits per heavy atom. The molecule has 2 aromatic rings. The molecule has 0 aliphatic heterocycles. The highest BCUT2D eigenvalue weighted by Crippen LogP contribution is 2.32. The molecular formula is C14H13Br2NO4S. The van der Waals surface area contributed by atoms with Gasteiger partial charge in [-0.05, 0) is 46.3 Å². The minimum atomic E-state index is -3.73. The lowest BCUT2D eigenvalue weighted by atomic mass is 10.3. The summed E-state index contributed by atoms with van der Waals surface area (Å²) in [5, 5.41) is 0. The Labute approximate surface area is 145 Å². The van der Waals surface area contributed by atoms with Gasteiger partial charge in [0, 0.05) is 15.0 Å². The quantitative estimate of drug-likeness (QED) is 0.746. The molecule has 5 nitrogen and oxygen atoms in total. The number of rotatable bonds is 5. The van der Waals surface area contributed by atoms with Crippen LogP contribution in [0.3, 0.4) is 0 Å². The van der Waals surface area contributed by atoms with E-state index in [1.54, 1.807) is 30.3 Å². The topological polar surface area (TPSA) is 64.6 Å². The maximum Gasteiger partial charge on any atom is 0.263 e. The van der Waals surface area contributed by atoms with Crippen molar-refractivity contribution in [3.8, 4) is 11.5 Å². The van der Waals surface area contributed by atoms with Gasteiger partial charge in [-0.25, -0.2) is 8.42 Å². The van der Waals surface area contributed by atoms with Crippen LogP contribution in [0, 0.1) is 0 Å². The van der Waals surface area contributed by atoms with Gasteiger partial charge in [-0.2, -0.15) is 0 Å². The smallest absolute Gasteiger partial charge is 0.263 e. The number of halogens is 2. The molecule has 1 N–H and O–H groups in total. The molecule has 0 bridgehead atoms. The van der Waals surface area contributed by atoms with E-state index in [0.29, 0.717) is 26.1 Å². The Hall–Kier alpha value is -1.25. The monoisotopic (exact) mass is 449 g/mol. The van der Waals surface area contributed by atoms with Gasteiger partial charge < -0.3 is 9.47 Å². The lowest BCUT2D eigenvalue weighted by Crippen LogP contribution is -2.13. The van der Waals surface area contributed by atoms with Crippen LogP contribution in [0.4, 0.5) is 5.69 Å². The fraction of sp³-hybridized carbons (Fsp3) is 0.143. The summed E-state index contributed by atoms with van der Waals surface area (Å²) in [6.45, 7) is 0. The summed E-state index contributed by atoms with van der Waals surface area (Å²) in [7, 11) is -0.733. The number of hydrogen-bond donors (Lipinski definition) is 1. The second-order valence-electron chi connectivity index (χ2n) is 4.25. The first-order valence-electron chi connectivity index (χ1n) is 6.07. The van der Waals surface area contributed by atoms with Crippen molar-refractivity contribution in [3.05, 3.63) is 45.3 Å². The SMILES string of the molecule is COc1ccc(NS(=O)(=O)c2cc(Br)ccc2Br)cc1OC. The molecule has 118 valence electrons. The normalized spacial score (nSPS) is 11.1. The van der Waals surface area contributed by atoms with Gasteiger partial charge in [-0.15, -0.1) is 0 Å². The standard InChI is InChI=1S/C14H13Br2NO4S/c1-20-12-6-4-10(8-13(12)21-2)17-22(18,19)14-7-9(15)3-5-11(14)16/h3-8,17H,1-2H3. The third-order valence-electron chi connectivity index (χ3n) is 2.82. The average Bonchev–Trinajstić information content (AvgIpc) is 2.49. The zero-order valence-electron chi connectivity index (χ0n) is 11.8. The molecule has 8 heteroatoms. The van der Waals surface area contributed by atoms with E-state index in [9.17, 15) is 8.42 Å². The highest BCUT2D eigenvalue weighted by atomic mass is 79.9. The molecule has 2 rings (SSSR count). The molecule has 0 aliphatic carbocycles. The Morgan fingerprint density at radius 1 is 0.955 bits per heavy atom. The predicted molar refractivity (Wildman–Crippen MR) is 92.2 cm³/mol. The Morgan fingerprint density at radius 2 is 1.64 bits per heavy atom. The van der Waals surface area contributed by atoms with Crippen LogP contribution in [0.25, 0.3) is 0 Å². The molecule has 0 aromatic heterocycles. The van der Waals surface area contributed by atoms with Crippen LogP contribution in [0.2, 0.25) is 0 Å². The Bertz CT molecular complexity index is 793. The first kappa shape index (κ1) is 17.1. The number of sulfonamides is 1.